The van der Waals surface area contributed by atoms with Crippen LogP contribution >= 0.6 is 0 Å². The summed E-state index contributed by atoms with van der Waals surface area (Å²) in [5, 5.41) is 4.10. The van der Waals surface area contributed by atoms with Gasteiger partial charge in [0.2, 0.25) is 17.6 Å². The van der Waals surface area contributed by atoms with Crippen molar-refractivity contribution in [3.05, 3.63) is 65.5 Å². The molecule has 29 heavy (non-hydrogen) atoms. The van der Waals surface area contributed by atoms with Gasteiger partial charge in [0.15, 0.2) is 0 Å². The number of likely N-dealkylation sites (tertiary alicyclic amines) is 1. The monoisotopic (exact) mass is 391 g/mol. The number of ether oxygens (including phenoxy) is 1. The fourth-order valence-electron chi connectivity index (χ4n) is 3.48. The molecule has 1 atom stereocenters. The second-order valence-corrected chi connectivity index (χ2v) is 7.81. The molecule has 0 aliphatic carbocycles. The molecule has 6 nitrogen and oxygen atoms in total. The van der Waals surface area contributed by atoms with E-state index < -0.39 is 0 Å². The first-order chi connectivity index (χ1) is 14.0. The molecule has 2 heterocycles. The van der Waals surface area contributed by atoms with E-state index in [2.05, 4.69) is 10.1 Å². The summed E-state index contributed by atoms with van der Waals surface area (Å²) in [7, 11) is 0. The number of hydrogen-bond acceptors (Lipinski definition) is 5. The number of hydrogen-bond donors (Lipinski definition) is 0. The van der Waals surface area contributed by atoms with Gasteiger partial charge in [0.25, 0.3) is 0 Å². The summed E-state index contributed by atoms with van der Waals surface area (Å²) in [6.07, 6.45) is 0.533. The van der Waals surface area contributed by atoms with Gasteiger partial charge in [0, 0.05) is 25.1 Å². The van der Waals surface area contributed by atoms with Crippen LogP contribution in [0.2, 0.25) is 0 Å². The highest BCUT2D eigenvalue weighted by Crippen LogP contribution is 2.30. The van der Waals surface area contributed by atoms with Crippen molar-refractivity contribution in [3.63, 3.8) is 0 Å². The first-order valence-electron chi connectivity index (χ1n) is 9.92. The van der Waals surface area contributed by atoms with Gasteiger partial charge in [-0.15, -0.1) is 0 Å². The van der Waals surface area contributed by atoms with Crippen LogP contribution in [0.1, 0.15) is 43.2 Å². The first kappa shape index (κ1) is 19.2. The summed E-state index contributed by atoms with van der Waals surface area (Å²) in [5.74, 6) is 1.96. The van der Waals surface area contributed by atoms with E-state index in [1.807, 2.05) is 74.2 Å². The van der Waals surface area contributed by atoms with E-state index in [0.717, 1.165) is 16.9 Å². The Kier molecular flexibility index (Phi) is 5.34. The Bertz CT molecular complexity index is 977. The zero-order valence-electron chi connectivity index (χ0n) is 17.0. The van der Waals surface area contributed by atoms with Gasteiger partial charge in [-0.1, -0.05) is 47.1 Å². The van der Waals surface area contributed by atoms with Crippen molar-refractivity contribution in [2.24, 2.45) is 0 Å². The summed E-state index contributed by atoms with van der Waals surface area (Å²) in [6.45, 7) is 7.18. The van der Waals surface area contributed by atoms with Gasteiger partial charge < -0.3 is 14.2 Å². The zero-order chi connectivity index (χ0) is 20.4. The van der Waals surface area contributed by atoms with Gasteiger partial charge in [0.05, 0.1) is 12.0 Å². The molecule has 0 N–H and O–H groups in total. The highest BCUT2D eigenvalue weighted by atomic mass is 16.5. The molecule has 1 unspecified atom stereocenters. The first-order valence-corrected chi connectivity index (χ1v) is 9.92. The Morgan fingerprint density at radius 1 is 1.14 bits per heavy atom. The van der Waals surface area contributed by atoms with Crippen molar-refractivity contribution in [2.75, 3.05) is 6.54 Å². The lowest BCUT2D eigenvalue weighted by Gasteiger charge is -2.16. The number of nitrogens with zero attached hydrogens (tertiary/aromatic N) is 3. The number of rotatable bonds is 6. The second kappa shape index (κ2) is 8.07. The predicted molar refractivity (Wildman–Crippen MR) is 109 cm³/mol. The third-order valence-corrected chi connectivity index (χ3v) is 4.98. The summed E-state index contributed by atoms with van der Waals surface area (Å²) in [4.78, 5) is 18.9. The van der Waals surface area contributed by atoms with E-state index in [9.17, 15) is 4.79 Å². The molecule has 4 rings (SSSR count). The minimum absolute atomic E-state index is 0.0715. The molecular formula is C23H25N3O3. The molecule has 1 saturated heterocycles. The van der Waals surface area contributed by atoms with Crippen LogP contribution in [0, 0.1) is 6.92 Å². The molecule has 0 radical (unpaired) electrons. The number of aromatic nitrogens is 2. The number of carbonyl (C=O) groups excluding carboxylic acids is 1. The Morgan fingerprint density at radius 3 is 2.55 bits per heavy atom. The molecule has 3 aromatic rings. The molecule has 6 heteroatoms. The molecule has 1 aliphatic heterocycles. The molecular weight excluding hydrogens is 366 g/mol. The highest BCUT2D eigenvalue weighted by Gasteiger charge is 2.34. The number of benzene rings is 2. The van der Waals surface area contributed by atoms with Crippen LogP contribution in [0.5, 0.6) is 5.75 Å². The summed E-state index contributed by atoms with van der Waals surface area (Å²) < 4.78 is 11.1. The van der Waals surface area contributed by atoms with Crippen LogP contribution in [0.15, 0.2) is 53.1 Å². The van der Waals surface area contributed by atoms with Crippen LogP contribution < -0.4 is 4.74 Å². The average molecular weight is 391 g/mol. The Morgan fingerprint density at radius 2 is 1.86 bits per heavy atom. The Balaban J connectivity index is 1.41. The number of carbonyl (C=O) groups is 1. The fourth-order valence-corrected chi connectivity index (χ4v) is 3.48. The molecule has 0 bridgehead atoms. The molecule has 1 aliphatic rings. The Hall–Kier alpha value is -3.15. The minimum atomic E-state index is -0.0715. The molecule has 1 fully saturated rings. The lowest BCUT2D eigenvalue weighted by atomic mass is 10.1. The fraction of sp³-hybridized carbons (Fsp3) is 0.348. The predicted octanol–water partition coefficient (Wildman–Crippen LogP) is 4.35. The standard InChI is InChI=1S/C23H25N3O3/c1-15(2)28-20-10-6-17(7-11-20)13-26-14-19(12-21(26)27)23-24-22(25-29-23)18-8-4-16(3)5-9-18/h4-11,15,19H,12-14H2,1-3H3. The van der Waals surface area contributed by atoms with Gasteiger partial charge in [-0.25, -0.2) is 0 Å². The SMILES string of the molecule is Cc1ccc(-c2noc(C3CC(=O)N(Cc4ccc(OC(C)C)cc4)C3)n2)cc1. The van der Waals surface area contributed by atoms with Gasteiger partial charge >= 0.3 is 0 Å². The topological polar surface area (TPSA) is 68.5 Å². The van der Waals surface area contributed by atoms with E-state index in [1.54, 1.807) is 0 Å². The summed E-state index contributed by atoms with van der Waals surface area (Å²) >= 11 is 0. The lowest BCUT2D eigenvalue weighted by molar-refractivity contribution is -0.128. The van der Waals surface area contributed by atoms with E-state index in [1.165, 1.54) is 5.56 Å². The number of amides is 1. The van der Waals surface area contributed by atoms with Gasteiger partial charge in [-0.3, -0.25) is 4.79 Å². The van der Waals surface area contributed by atoms with Crippen molar-refractivity contribution >= 4 is 5.91 Å². The van der Waals surface area contributed by atoms with Crippen molar-refractivity contribution in [1.82, 2.24) is 15.0 Å². The van der Waals surface area contributed by atoms with Crippen molar-refractivity contribution in [2.45, 2.75) is 45.8 Å². The van der Waals surface area contributed by atoms with Gasteiger partial charge in [-0.05, 0) is 38.5 Å². The Labute approximate surface area is 170 Å². The maximum Gasteiger partial charge on any atom is 0.232 e. The van der Waals surface area contributed by atoms with E-state index >= 15 is 0 Å². The maximum atomic E-state index is 12.5. The molecule has 1 aromatic heterocycles. The van der Waals surface area contributed by atoms with Gasteiger partial charge in [0.1, 0.15) is 5.75 Å². The van der Waals surface area contributed by atoms with Crippen LogP contribution in [0.3, 0.4) is 0 Å². The largest absolute Gasteiger partial charge is 0.491 e. The molecule has 1 amide bonds. The van der Waals surface area contributed by atoms with Crippen LogP contribution in [-0.2, 0) is 11.3 Å². The van der Waals surface area contributed by atoms with Crippen LogP contribution in [-0.4, -0.2) is 33.6 Å². The van der Waals surface area contributed by atoms with Crippen molar-refractivity contribution < 1.29 is 14.1 Å². The molecule has 0 saturated carbocycles. The van der Waals surface area contributed by atoms with Crippen LogP contribution in [0.25, 0.3) is 11.4 Å². The van der Waals surface area contributed by atoms with E-state index in [0.29, 0.717) is 31.2 Å². The summed E-state index contributed by atoms with van der Waals surface area (Å²) in [5.41, 5.74) is 3.16. The lowest BCUT2D eigenvalue weighted by Crippen LogP contribution is -2.24. The number of aryl methyl sites for hydroxylation is 1. The second-order valence-electron chi connectivity index (χ2n) is 7.81. The van der Waals surface area contributed by atoms with Crippen molar-refractivity contribution in [3.8, 4) is 17.1 Å². The smallest absolute Gasteiger partial charge is 0.232 e. The normalized spacial score (nSPS) is 16.6. The molecule has 150 valence electrons. The molecule has 0 spiro atoms. The third kappa shape index (κ3) is 4.47. The average Bonchev–Trinajstić information content (AvgIpc) is 3.31. The van der Waals surface area contributed by atoms with Gasteiger partial charge in [-0.2, -0.15) is 4.98 Å². The quantitative estimate of drug-likeness (QED) is 0.625. The van der Waals surface area contributed by atoms with Crippen molar-refractivity contribution in [1.29, 1.82) is 0 Å². The maximum absolute atomic E-state index is 12.5. The van der Waals surface area contributed by atoms with E-state index in [-0.39, 0.29) is 17.9 Å². The summed E-state index contributed by atoms with van der Waals surface area (Å²) in [6, 6.07) is 15.9. The third-order valence-electron chi connectivity index (χ3n) is 4.98. The zero-order valence-corrected chi connectivity index (χ0v) is 17.0. The highest BCUT2D eigenvalue weighted by molar-refractivity contribution is 5.79. The van der Waals surface area contributed by atoms with Crippen LogP contribution in [0.4, 0.5) is 0 Å². The minimum Gasteiger partial charge on any atom is -0.491 e. The molecule has 2 aromatic carbocycles. The van der Waals surface area contributed by atoms with E-state index in [4.69, 9.17) is 9.26 Å².